The summed E-state index contributed by atoms with van der Waals surface area (Å²) in [6, 6.07) is 26.3. The Morgan fingerprint density at radius 2 is 1.48 bits per heavy atom. The van der Waals surface area contributed by atoms with Gasteiger partial charge in [-0.25, -0.2) is 4.39 Å². The second kappa shape index (κ2) is 10.6. The molecule has 0 saturated carbocycles. The average Bonchev–Trinajstić information content (AvgIpc) is 2.80. The highest BCUT2D eigenvalue weighted by atomic mass is 35.5. The van der Waals surface area contributed by atoms with E-state index in [9.17, 15) is 4.39 Å². The molecular formula is C28H32ClFSi. The van der Waals surface area contributed by atoms with Gasteiger partial charge in [-0.2, -0.15) is 0 Å². The van der Waals surface area contributed by atoms with Crippen molar-refractivity contribution in [1.82, 2.24) is 0 Å². The highest BCUT2D eigenvalue weighted by molar-refractivity contribution is 6.58. The molecule has 31 heavy (non-hydrogen) atoms. The van der Waals surface area contributed by atoms with E-state index in [0.29, 0.717) is 5.56 Å². The smallest absolute Gasteiger partial charge is 0.131 e. The van der Waals surface area contributed by atoms with E-state index in [0.717, 1.165) is 39.6 Å². The Hall–Kier alpha value is -1.90. The minimum Gasteiger partial charge on any atom is -0.206 e. The Morgan fingerprint density at radius 3 is 2.10 bits per heavy atom. The lowest BCUT2D eigenvalue weighted by Gasteiger charge is -2.27. The molecular weight excluding hydrogens is 419 g/mol. The van der Waals surface area contributed by atoms with E-state index in [2.05, 4.69) is 13.0 Å². The van der Waals surface area contributed by atoms with Gasteiger partial charge in [0.05, 0.1) is 0 Å². The predicted octanol–water partition coefficient (Wildman–Crippen LogP) is 8.79. The van der Waals surface area contributed by atoms with Gasteiger partial charge < -0.3 is 0 Å². The number of benzene rings is 3. The summed E-state index contributed by atoms with van der Waals surface area (Å²) in [7, 11) is -0.405. The van der Waals surface area contributed by atoms with E-state index in [1.54, 1.807) is 6.07 Å². The van der Waals surface area contributed by atoms with Gasteiger partial charge in [0.1, 0.15) is 5.82 Å². The third kappa shape index (κ3) is 5.87. The quantitative estimate of drug-likeness (QED) is 0.315. The van der Waals surface area contributed by atoms with Gasteiger partial charge in [-0.05, 0) is 59.2 Å². The van der Waals surface area contributed by atoms with Crippen molar-refractivity contribution >= 4 is 20.4 Å². The molecule has 0 N–H and O–H groups in total. The van der Waals surface area contributed by atoms with E-state index in [1.807, 2.05) is 54.6 Å². The molecule has 0 aliphatic carbocycles. The van der Waals surface area contributed by atoms with Crippen LogP contribution in [0.2, 0.25) is 23.2 Å². The number of aryl methyl sites for hydroxylation is 1. The third-order valence-corrected chi connectivity index (χ3v) is 10.9. The molecule has 1 fully saturated rings. The largest absolute Gasteiger partial charge is 0.206 e. The second-order valence-electron chi connectivity index (χ2n) is 9.11. The first-order valence-electron chi connectivity index (χ1n) is 11.8. The highest BCUT2D eigenvalue weighted by Crippen LogP contribution is 2.32. The van der Waals surface area contributed by atoms with Crippen molar-refractivity contribution < 1.29 is 4.39 Å². The molecule has 0 amide bonds. The van der Waals surface area contributed by atoms with Crippen LogP contribution < -0.4 is 0 Å². The van der Waals surface area contributed by atoms with Gasteiger partial charge in [-0.3, -0.25) is 0 Å². The monoisotopic (exact) mass is 450 g/mol. The zero-order valence-corrected chi connectivity index (χ0v) is 20.3. The van der Waals surface area contributed by atoms with Crippen molar-refractivity contribution in [3.05, 3.63) is 83.1 Å². The van der Waals surface area contributed by atoms with E-state index < -0.39 is 8.80 Å². The van der Waals surface area contributed by atoms with Gasteiger partial charge in [-0.15, -0.1) is 0 Å². The minimum atomic E-state index is -0.405. The standard InChI is InChI=1S/C28H32ClFSi/c1-2-17-31-18-15-21(16-19-31)3-4-22-5-14-27(28(30)20-22)25-8-6-23(7-9-25)24-10-12-26(29)13-11-24/h5-14,20-21,31H,2-4,15-19H2,1H3. The van der Waals surface area contributed by atoms with Crippen LogP contribution in [0.1, 0.15) is 38.2 Å². The van der Waals surface area contributed by atoms with Crippen molar-refractivity contribution in [2.45, 2.75) is 57.2 Å². The van der Waals surface area contributed by atoms with Crippen LogP contribution in [0.25, 0.3) is 22.3 Å². The summed E-state index contributed by atoms with van der Waals surface area (Å²) in [6.45, 7) is 2.32. The number of hydrogen-bond donors (Lipinski definition) is 0. The lowest BCUT2D eigenvalue weighted by molar-refractivity contribution is 0.437. The molecule has 0 unspecified atom stereocenters. The molecule has 0 radical (unpaired) electrons. The molecule has 0 nitrogen and oxygen atoms in total. The van der Waals surface area contributed by atoms with E-state index in [4.69, 9.17) is 11.6 Å². The van der Waals surface area contributed by atoms with Crippen LogP contribution in [0.4, 0.5) is 4.39 Å². The Morgan fingerprint density at radius 1 is 0.871 bits per heavy atom. The fourth-order valence-corrected chi connectivity index (χ4v) is 8.71. The molecule has 0 spiro atoms. The molecule has 4 rings (SSSR count). The molecule has 0 aromatic heterocycles. The van der Waals surface area contributed by atoms with Gasteiger partial charge in [-0.1, -0.05) is 104 Å². The summed E-state index contributed by atoms with van der Waals surface area (Å²) in [5.41, 5.74) is 4.94. The van der Waals surface area contributed by atoms with Crippen LogP contribution in [0.15, 0.2) is 66.7 Å². The van der Waals surface area contributed by atoms with Crippen molar-refractivity contribution in [2.75, 3.05) is 0 Å². The SMILES string of the molecule is CCC[SiH]1CCC(CCc2ccc(-c3ccc(-c4ccc(Cl)cc4)cc3)c(F)c2)CC1. The van der Waals surface area contributed by atoms with Gasteiger partial charge in [0.25, 0.3) is 0 Å². The van der Waals surface area contributed by atoms with Crippen molar-refractivity contribution in [2.24, 2.45) is 5.92 Å². The molecule has 1 saturated heterocycles. The fourth-order valence-electron chi connectivity index (χ4n) is 5.02. The Labute approximate surface area is 193 Å². The Balaban J connectivity index is 1.37. The normalized spacial score (nSPS) is 18.8. The molecule has 3 aromatic rings. The fraction of sp³-hybridized carbons (Fsp3) is 0.357. The second-order valence-corrected chi connectivity index (χ2v) is 13.0. The van der Waals surface area contributed by atoms with Crippen LogP contribution in [-0.4, -0.2) is 8.80 Å². The summed E-state index contributed by atoms with van der Waals surface area (Å²) < 4.78 is 14.9. The highest BCUT2D eigenvalue weighted by Gasteiger charge is 2.21. The van der Waals surface area contributed by atoms with Crippen LogP contribution >= 0.6 is 11.6 Å². The molecule has 162 valence electrons. The van der Waals surface area contributed by atoms with Crippen molar-refractivity contribution in [3.8, 4) is 22.3 Å². The first kappa shape index (κ1) is 22.3. The molecule has 1 aliphatic heterocycles. The minimum absolute atomic E-state index is 0.115. The first-order chi connectivity index (χ1) is 15.1. The lowest BCUT2D eigenvalue weighted by Crippen LogP contribution is -2.21. The molecule has 3 aromatic carbocycles. The van der Waals surface area contributed by atoms with Crippen LogP contribution in [0.5, 0.6) is 0 Å². The third-order valence-electron chi connectivity index (χ3n) is 6.91. The number of hydrogen-bond acceptors (Lipinski definition) is 0. The van der Waals surface area contributed by atoms with E-state index in [-0.39, 0.29) is 5.82 Å². The van der Waals surface area contributed by atoms with Crippen molar-refractivity contribution in [3.63, 3.8) is 0 Å². The molecule has 3 heteroatoms. The summed E-state index contributed by atoms with van der Waals surface area (Å²) in [5, 5.41) is 0.730. The zero-order valence-electron chi connectivity index (χ0n) is 18.4. The number of rotatable bonds is 7. The average molecular weight is 451 g/mol. The first-order valence-corrected chi connectivity index (χ1v) is 14.6. The maximum atomic E-state index is 14.9. The summed E-state index contributed by atoms with van der Waals surface area (Å²) >= 11 is 5.98. The summed E-state index contributed by atoms with van der Waals surface area (Å²) in [5.74, 6) is 0.736. The van der Waals surface area contributed by atoms with Crippen LogP contribution in [0.3, 0.4) is 0 Å². The van der Waals surface area contributed by atoms with Gasteiger partial charge >= 0.3 is 0 Å². The zero-order chi connectivity index (χ0) is 21.6. The molecule has 1 heterocycles. The molecule has 1 aliphatic rings. The van der Waals surface area contributed by atoms with Crippen molar-refractivity contribution in [1.29, 1.82) is 0 Å². The maximum Gasteiger partial charge on any atom is 0.131 e. The van der Waals surface area contributed by atoms with Gasteiger partial charge in [0, 0.05) is 19.4 Å². The Kier molecular flexibility index (Phi) is 7.63. The summed E-state index contributed by atoms with van der Waals surface area (Å²) in [4.78, 5) is 0. The van der Waals surface area contributed by atoms with Gasteiger partial charge in [0.15, 0.2) is 0 Å². The lowest BCUT2D eigenvalue weighted by atomic mass is 9.93. The van der Waals surface area contributed by atoms with Crippen LogP contribution in [-0.2, 0) is 6.42 Å². The number of halogens is 2. The van der Waals surface area contributed by atoms with Gasteiger partial charge in [0.2, 0.25) is 0 Å². The topological polar surface area (TPSA) is 0 Å². The van der Waals surface area contributed by atoms with E-state index in [1.165, 1.54) is 43.8 Å². The Bertz CT molecular complexity index is 973. The molecule has 0 bridgehead atoms. The summed E-state index contributed by atoms with van der Waals surface area (Å²) in [6.07, 6.45) is 6.41. The molecule has 0 atom stereocenters. The maximum absolute atomic E-state index is 14.9. The predicted molar refractivity (Wildman–Crippen MR) is 135 cm³/mol. The van der Waals surface area contributed by atoms with Crippen LogP contribution in [0, 0.1) is 11.7 Å². The van der Waals surface area contributed by atoms with E-state index >= 15 is 0 Å².